The number of aryl methyl sites for hydroxylation is 1. The molecule has 1 aromatic rings. The summed E-state index contributed by atoms with van der Waals surface area (Å²) in [5, 5.41) is 6.46. The Morgan fingerprint density at radius 1 is 1.31 bits per heavy atom. The molecule has 7 nitrogen and oxygen atoms in total. The highest BCUT2D eigenvalue weighted by molar-refractivity contribution is 5.94. The van der Waals surface area contributed by atoms with E-state index in [-0.39, 0.29) is 17.7 Å². The number of hydrogen-bond acceptors (Lipinski definition) is 4. The van der Waals surface area contributed by atoms with E-state index in [2.05, 4.69) is 23.4 Å². The minimum Gasteiger partial charge on any atom is -0.712 e. The Morgan fingerprint density at radius 3 is 2.72 bits per heavy atom. The number of benzene rings is 1. The van der Waals surface area contributed by atoms with Gasteiger partial charge >= 0.3 is 0 Å². The Bertz CT molecular complexity index is 779. The zero-order valence-corrected chi connectivity index (χ0v) is 20.1. The van der Waals surface area contributed by atoms with Crippen LogP contribution < -0.4 is 16.0 Å². The maximum atomic E-state index is 13.2. The van der Waals surface area contributed by atoms with Crippen LogP contribution >= 0.6 is 0 Å². The number of amides is 2. The number of carbonyl (C=O) groups excluding carboxylic acids is 2. The summed E-state index contributed by atoms with van der Waals surface area (Å²) in [6, 6.07) is 7.08. The van der Waals surface area contributed by atoms with Gasteiger partial charge < -0.3 is 26.6 Å². The van der Waals surface area contributed by atoms with Crippen molar-refractivity contribution in [3.63, 3.8) is 0 Å². The van der Waals surface area contributed by atoms with Gasteiger partial charge in [-0.1, -0.05) is 52.3 Å². The first-order valence-corrected chi connectivity index (χ1v) is 11.9. The highest BCUT2D eigenvalue weighted by Gasteiger charge is 2.32. The molecule has 0 spiro atoms. The zero-order valence-electron chi connectivity index (χ0n) is 20.1. The lowest BCUT2D eigenvalue weighted by Gasteiger charge is -2.35. The summed E-state index contributed by atoms with van der Waals surface area (Å²) in [5.41, 5.74) is 17.8. The molecule has 178 valence electrons. The lowest BCUT2D eigenvalue weighted by molar-refractivity contribution is -0.124. The van der Waals surface area contributed by atoms with Crippen LogP contribution in [0.4, 0.5) is 5.69 Å². The van der Waals surface area contributed by atoms with Crippen molar-refractivity contribution in [1.29, 1.82) is 0 Å². The highest BCUT2D eigenvalue weighted by Crippen LogP contribution is 2.33. The molecule has 0 radical (unpaired) electrons. The molecule has 7 heteroatoms. The molecule has 1 aliphatic rings. The van der Waals surface area contributed by atoms with Gasteiger partial charge in [-0.05, 0) is 49.1 Å². The van der Waals surface area contributed by atoms with Crippen molar-refractivity contribution in [3.8, 4) is 0 Å². The van der Waals surface area contributed by atoms with Gasteiger partial charge in [0.15, 0.2) is 0 Å². The van der Waals surface area contributed by atoms with Gasteiger partial charge in [-0.2, -0.15) is 0 Å². The second-order valence-corrected chi connectivity index (χ2v) is 9.95. The fourth-order valence-electron chi connectivity index (χ4n) is 4.45. The third-order valence-electron chi connectivity index (χ3n) is 6.35. The molecule has 2 amide bonds. The number of nitrogens with one attached hydrogen (secondary N) is 1. The lowest BCUT2D eigenvalue weighted by atomic mass is 9.79. The number of para-hydroxylation sites is 1. The van der Waals surface area contributed by atoms with E-state index in [1.54, 1.807) is 0 Å². The molecule has 0 saturated heterocycles. The SMILES string of the molecule is CCCCNC(=O)[C@H](C)C[C@H](N)[C@H](CC(C)(C)CC(=O)N1CCCc2ccccc21)N=[N-]. The molecule has 32 heavy (non-hydrogen) atoms. The Balaban J connectivity index is 1.94. The summed E-state index contributed by atoms with van der Waals surface area (Å²) >= 11 is 0. The molecule has 3 atom stereocenters. The van der Waals surface area contributed by atoms with E-state index < -0.39 is 17.5 Å². The molecule has 0 bridgehead atoms. The Labute approximate surface area is 193 Å². The van der Waals surface area contributed by atoms with Crippen LogP contribution in [0.25, 0.3) is 5.53 Å². The van der Waals surface area contributed by atoms with Gasteiger partial charge in [-0.15, -0.1) is 0 Å². The van der Waals surface area contributed by atoms with Crippen LogP contribution in [0.3, 0.4) is 0 Å². The number of hydrogen-bond donors (Lipinski definition) is 2. The van der Waals surface area contributed by atoms with Gasteiger partial charge in [0.05, 0.1) is 0 Å². The number of fused-ring (bicyclic) bond motifs is 1. The van der Waals surface area contributed by atoms with Gasteiger partial charge in [-0.25, -0.2) is 0 Å². The minimum atomic E-state index is -0.530. The number of nitrogens with two attached hydrogens (primary N) is 1. The van der Waals surface area contributed by atoms with Gasteiger partial charge in [0.25, 0.3) is 0 Å². The van der Waals surface area contributed by atoms with Gasteiger partial charge in [0.2, 0.25) is 11.8 Å². The smallest absolute Gasteiger partial charge is 0.227 e. The minimum absolute atomic E-state index is 0.0243. The van der Waals surface area contributed by atoms with Crippen molar-refractivity contribution in [2.45, 2.75) is 84.7 Å². The Hall–Kier alpha value is -2.28. The van der Waals surface area contributed by atoms with Crippen LogP contribution in [0.2, 0.25) is 0 Å². The summed E-state index contributed by atoms with van der Waals surface area (Å²) in [5.74, 6) is -0.208. The molecule has 3 N–H and O–H groups in total. The normalized spacial score (nSPS) is 16.6. The number of unbranched alkanes of at least 4 members (excludes halogenated alkanes) is 1. The lowest BCUT2D eigenvalue weighted by Crippen LogP contribution is -2.42. The summed E-state index contributed by atoms with van der Waals surface area (Å²) in [6.07, 6.45) is 5.16. The fraction of sp³-hybridized carbons (Fsp3) is 0.680. The van der Waals surface area contributed by atoms with E-state index in [0.29, 0.717) is 25.8 Å². The second kappa shape index (κ2) is 12.1. The summed E-state index contributed by atoms with van der Waals surface area (Å²) in [7, 11) is 0. The maximum Gasteiger partial charge on any atom is 0.227 e. The largest absolute Gasteiger partial charge is 0.712 e. The first-order valence-electron chi connectivity index (χ1n) is 11.9. The van der Waals surface area contributed by atoms with E-state index in [1.165, 1.54) is 5.56 Å². The summed E-state index contributed by atoms with van der Waals surface area (Å²) in [6.45, 7) is 9.33. The first kappa shape index (κ1) is 26.0. The molecule has 1 aliphatic heterocycles. The van der Waals surface area contributed by atoms with Crippen molar-refractivity contribution in [2.24, 2.45) is 22.2 Å². The molecular weight excluding hydrogens is 402 g/mol. The van der Waals surface area contributed by atoms with Crippen LogP contribution in [0.1, 0.15) is 71.8 Å². The van der Waals surface area contributed by atoms with E-state index in [4.69, 9.17) is 5.73 Å². The van der Waals surface area contributed by atoms with Gasteiger partial charge in [-0.3, -0.25) is 9.59 Å². The predicted octanol–water partition coefficient (Wildman–Crippen LogP) is 4.43. The van der Waals surface area contributed by atoms with Gasteiger partial charge in [0, 0.05) is 43.2 Å². The molecule has 2 rings (SSSR count). The molecule has 0 unspecified atom stereocenters. The maximum absolute atomic E-state index is 13.2. The number of rotatable bonds is 12. The third-order valence-corrected chi connectivity index (χ3v) is 6.35. The summed E-state index contributed by atoms with van der Waals surface area (Å²) < 4.78 is 0. The van der Waals surface area contributed by atoms with Crippen molar-refractivity contribution in [1.82, 2.24) is 5.32 Å². The molecular formula is C25H40N5O2-. The topological polar surface area (TPSA) is 110 Å². The summed E-state index contributed by atoms with van der Waals surface area (Å²) in [4.78, 5) is 27.3. The Morgan fingerprint density at radius 2 is 2.03 bits per heavy atom. The standard InChI is InChI=1S/C25H40N5O2/c1-5-6-13-28-24(32)18(2)15-20(26)21(29-27)16-25(3,4)17-23(31)30-14-9-11-19-10-7-8-12-22(19)30/h7-8,10,12,18,20-21H,5-6,9,11,13-17,26H2,1-4H3,(H,28,32)/q-1/t18-,20+,21+/m1/s1. The molecule has 0 aromatic heterocycles. The van der Waals surface area contributed by atoms with E-state index in [9.17, 15) is 15.1 Å². The van der Waals surface area contributed by atoms with Crippen molar-refractivity contribution in [2.75, 3.05) is 18.0 Å². The van der Waals surface area contributed by atoms with Crippen LogP contribution in [0.15, 0.2) is 29.4 Å². The quantitative estimate of drug-likeness (QED) is 0.369. The van der Waals surface area contributed by atoms with E-state index in [1.807, 2.05) is 43.9 Å². The molecule has 1 heterocycles. The van der Waals surface area contributed by atoms with Crippen molar-refractivity contribution >= 4 is 17.5 Å². The van der Waals surface area contributed by atoms with Crippen LogP contribution in [0, 0.1) is 11.3 Å². The zero-order chi connectivity index (χ0) is 23.7. The first-order chi connectivity index (χ1) is 15.2. The third kappa shape index (κ3) is 7.40. The molecule has 0 fully saturated rings. The molecule has 1 aromatic carbocycles. The van der Waals surface area contributed by atoms with E-state index in [0.717, 1.165) is 37.9 Å². The molecule has 0 aliphatic carbocycles. The fourth-order valence-corrected chi connectivity index (χ4v) is 4.45. The monoisotopic (exact) mass is 442 g/mol. The van der Waals surface area contributed by atoms with E-state index >= 15 is 0 Å². The average Bonchev–Trinajstić information content (AvgIpc) is 2.76. The van der Waals surface area contributed by atoms with Crippen LogP contribution in [-0.4, -0.2) is 37.0 Å². The van der Waals surface area contributed by atoms with Gasteiger partial charge in [0.1, 0.15) is 0 Å². The van der Waals surface area contributed by atoms with Crippen LogP contribution in [-0.2, 0) is 16.0 Å². The van der Waals surface area contributed by atoms with Crippen molar-refractivity contribution in [3.05, 3.63) is 35.4 Å². The second-order valence-electron chi connectivity index (χ2n) is 9.95. The number of anilines is 1. The number of carbonyl (C=O) groups is 2. The average molecular weight is 443 g/mol. The highest BCUT2D eigenvalue weighted by atomic mass is 16.2. The molecule has 0 saturated carbocycles. The van der Waals surface area contributed by atoms with Crippen LogP contribution in [0.5, 0.6) is 0 Å². The predicted molar refractivity (Wildman–Crippen MR) is 129 cm³/mol. The van der Waals surface area contributed by atoms with Crippen molar-refractivity contribution < 1.29 is 9.59 Å². The number of nitrogens with zero attached hydrogens (tertiary/aromatic N) is 3. The Kier molecular flexibility index (Phi) is 9.82.